The van der Waals surface area contributed by atoms with Crippen molar-refractivity contribution in [3.63, 3.8) is 0 Å². The van der Waals surface area contributed by atoms with Crippen molar-refractivity contribution < 1.29 is 23.9 Å². The fraction of sp³-hybridized carbons (Fsp3) is 0.161. The van der Waals surface area contributed by atoms with Gasteiger partial charge in [0, 0.05) is 16.9 Å². The molecule has 0 aliphatic carbocycles. The van der Waals surface area contributed by atoms with Gasteiger partial charge in [-0.15, -0.1) is 0 Å². The number of ether oxygens (including phenoxy) is 2. The molecule has 9 nitrogen and oxygen atoms in total. The molecule has 0 bridgehead atoms. The summed E-state index contributed by atoms with van der Waals surface area (Å²) in [5, 5.41) is 13.1. The van der Waals surface area contributed by atoms with Crippen LogP contribution in [0.5, 0.6) is 0 Å². The van der Waals surface area contributed by atoms with E-state index in [1.165, 1.54) is 19.1 Å². The third kappa shape index (κ3) is 5.15. The number of carbonyl (C=O) groups excluding carboxylic acids is 3. The van der Waals surface area contributed by atoms with Crippen LogP contribution in [0.1, 0.15) is 33.0 Å². The van der Waals surface area contributed by atoms with E-state index in [1.54, 1.807) is 66.7 Å². The molecule has 3 aromatic rings. The second-order valence-corrected chi connectivity index (χ2v) is 9.16. The molecule has 4 rings (SSSR count). The van der Waals surface area contributed by atoms with Gasteiger partial charge in [0.05, 0.1) is 37.4 Å². The Kier molecular flexibility index (Phi) is 8.01. The number of benzene rings is 3. The quantitative estimate of drug-likeness (QED) is 0.441. The lowest BCUT2D eigenvalue weighted by molar-refractivity contribution is -0.139. The number of anilines is 2. The molecule has 3 N–H and O–H groups in total. The zero-order chi connectivity index (χ0) is 29.0. The van der Waals surface area contributed by atoms with Crippen LogP contribution in [0.3, 0.4) is 0 Å². The van der Waals surface area contributed by atoms with Crippen LogP contribution in [0.2, 0.25) is 0 Å². The fourth-order valence-corrected chi connectivity index (χ4v) is 4.65. The van der Waals surface area contributed by atoms with Crippen molar-refractivity contribution in [3.8, 4) is 6.07 Å². The number of hydrogen-bond donors (Lipinski definition) is 2. The Bertz CT molecular complexity index is 1600. The number of allylic oxidation sites excluding steroid dienone is 1. The molecule has 0 spiro atoms. The summed E-state index contributed by atoms with van der Waals surface area (Å²) in [6.45, 7) is 3.71. The van der Waals surface area contributed by atoms with Gasteiger partial charge in [-0.25, -0.2) is 9.59 Å². The van der Waals surface area contributed by atoms with Gasteiger partial charge in [0.15, 0.2) is 0 Å². The first-order valence-electron chi connectivity index (χ1n) is 12.4. The zero-order valence-corrected chi connectivity index (χ0v) is 22.5. The summed E-state index contributed by atoms with van der Waals surface area (Å²) < 4.78 is 10.1. The largest absolute Gasteiger partial charge is 0.466 e. The van der Waals surface area contributed by atoms with Gasteiger partial charge in [0.25, 0.3) is 5.91 Å². The standard InChI is InChI=1S/C31H28N4O5/c1-18-9-8-12-21(15-18)29(36)34-24-16-22(14-13-19(24)2)35-27(31(38)40-4)26(30(37)39-3)25(23(17-32)28(35)33)20-10-6-5-7-11-20/h5-16,25H,33H2,1-4H3,(H,34,36). The number of carbonyl (C=O) groups is 3. The number of aryl methyl sites for hydroxylation is 2. The first kappa shape index (κ1) is 27.7. The van der Waals surface area contributed by atoms with Gasteiger partial charge < -0.3 is 20.5 Å². The van der Waals surface area contributed by atoms with Crippen molar-refractivity contribution in [1.82, 2.24) is 0 Å². The molecule has 40 heavy (non-hydrogen) atoms. The number of amides is 1. The molecule has 1 unspecified atom stereocenters. The Morgan fingerprint density at radius 1 is 0.925 bits per heavy atom. The molecule has 1 heterocycles. The molecule has 1 aliphatic heterocycles. The Morgan fingerprint density at radius 3 is 2.25 bits per heavy atom. The van der Waals surface area contributed by atoms with Crippen molar-refractivity contribution in [2.75, 3.05) is 24.4 Å². The minimum atomic E-state index is -0.977. The summed E-state index contributed by atoms with van der Waals surface area (Å²) in [4.78, 5) is 40.8. The highest BCUT2D eigenvalue weighted by Crippen LogP contribution is 2.43. The second-order valence-electron chi connectivity index (χ2n) is 9.16. The molecule has 0 radical (unpaired) electrons. The van der Waals surface area contributed by atoms with Crippen LogP contribution >= 0.6 is 0 Å². The number of nitrogens with two attached hydrogens (primary N) is 1. The minimum absolute atomic E-state index is 0.0465. The van der Waals surface area contributed by atoms with Crippen molar-refractivity contribution in [3.05, 3.63) is 118 Å². The highest BCUT2D eigenvalue weighted by molar-refractivity contribution is 6.07. The average molecular weight is 537 g/mol. The molecule has 0 aromatic heterocycles. The van der Waals surface area contributed by atoms with E-state index in [0.29, 0.717) is 22.5 Å². The van der Waals surface area contributed by atoms with Crippen LogP contribution in [0.15, 0.2) is 95.5 Å². The molecule has 9 heteroatoms. The molecule has 1 aliphatic rings. The van der Waals surface area contributed by atoms with Crippen LogP contribution in [0.25, 0.3) is 0 Å². The maximum atomic E-state index is 13.3. The number of nitrogens with one attached hydrogen (secondary N) is 1. The summed E-state index contributed by atoms with van der Waals surface area (Å²) in [7, 11) is 2.37. The van der Waals surface area contributed by atoms with Crippen LogP contribution in [0, 0.1) is 25.2 Å². The number of hydrogen-bond acceptors (Lipinski definition) is 8. The van der Waals surface area contributed by atoms with Crippen LogP contribution in [-0.2, 0) is 19.1 Å². The van der Waals surface area contributed by atoms with Gasteiger partial charge in [-0.3, -0.25) is 9.69 Å². The number of rotatable bonds is 6. The summed E-state index contributed by atoms with van der Waals surface area (Å²) in [5.41, 5.74) is 9.82. The average Bonchev–Trinajstić information content (AvgIpc) is 2.97. The summed E-state index contributed by atoms with van der Waals surface area (Å²) in [5.74, 6) is -3.04. The summed E-state index contributed by atoms with van der Waals surface area (Å²) in [6.07, 6.45) is 0. The van der Waals surface area contributed by atoms with Gasteiger partial charge in [0.2, 0.25) is 0 Å². The summed E-state index contributed by atoms with van der Waals surface area (Å²) in [6, 6.07) is 23.1. The lowest BCUT2D eigenvalue weighted by atomic mass is 9.81. The highest BCUT2D eigenvalue weighted by Gasteiger charge is 2.43. The Labute approximate surface area is 232 Å². The van der Waals surface area contributed by atoms with Crippen molar-refractivity contribution >= 4 is 29.2 Å². The molecular weight excluding hydrogens is 508 g/mol. The van der Waals surface area contributed by atoms with Gasteiger partial charge in [0.1, 0.15) is 11.5 Å². The van der Waals surface area contributed by atoms with Crippen LogP contribution in [-0.4, -0.2) is 32.1 Å². The normalized spacial score (nSPS) is 14.9. The predicted molar refractivity (Wildman–Crippen MR) is 150 cm³/mol. The SMILES string of the molecule is COC(=O)C1=C(C(=O)OC)N(c2ccc(C)c(NC(=O)c3cccc(C)c3)c2)C(N)=C(C#N)C1c1ccccc1. The van der Waals surface area contributed by atoms with Crippen molar-refractivity contribution in [1.29, 1.82) is 5.26 Å². The molecule has 0 saturated heterocycles. The highest BCUT2D eigenvalue weighted by atomic mass is 16.5. The lowest BCUT2D eigenvalue weighted by Gasteiger charge is -2.36. The maximum Gasteiger partial charge on any atom is 0.355 e. The zero-order valence-electron chi connectivity index (χ0n) is 22.5. The van der Waals surface area contributed by atoms with E-state index in [4.69, 9.17) is 15.2 Å². The number of nitriles is 1. The molecule has 1 amide bonds. The van der Waals surface area contributed by atoms with E-state index in [-0.39, 0.29) is 28.6 Å². The predicted octanol–water partition coefficient (Wildman–Crippen LogP) is 4.45. The molecule has 3 aromatic carbocycles. The molecule has 202 valence electrons. The van der Waals surface area contributed by atoms with Gasteiger partial charge in [-0.1, -0.05) is 54.1 Å². The van der Waals surface area contributed by atoms with E-state index in [2.05, 4.69) is 11.4 Å². The second kappa shape index (κ2) is 11.6. The van der Waals surface area contributed by atoms with E-state index in [0.717, 1.165) is 11.1 Å². The number of methoxy groups -OCH3 is 2. The Balaban J connectivity index is 1.92. The number of nitrogens with zero attached hydrogens (tertiary/aromatic N) is 2. The molecular formula is C31H28N4O5. The third-order valence-corrected chi connectivity index (χ3v) is 6.62. The molecule has 1 atom stereocenters. The maximum absolute atomic E-state index is 13.3. The Hall–Kier alpha value is -5.36. The van der Waals surface area contributed by atoms with Crippen LogP contribution in [0.4, 0.5) is 11.4 Å². The van der Waals surface area contributed by atoms with Gasteiger partial charge in [-0.2, -0.15) is 5.26 Å². The third-order valence-electron chi connectivity index (χ3n) is 6.62. The van der Waals surface area contributed by atoms with Crippen molar-refractivity contribution in [2.45, 2.75) is 19.8 Å². The van der Waals surface area contributed by atoms with Gasteiger partial charge >= 0.3 is 11.9 Å². The molecule has 0 saturated carbocycles. The minimum Gasteiger partial charge on any atom is -0.466 e. The van der Waals surface area contributed by atoms with E-state index in [9.17, 15) is 19.6 Å². The van der Waals surface area contributed by atoms with E-state index < -0.39 is 17.9 Å². The molecule has 0 fully saturated rings. The number of esters is 2. The monoisotopic (exact) mass is 536 g/mol. The van der Waals surface area contributed by atoms with E-state index >= 15 is 0 Å². The van der Waals surface area contributed by atoms with Crippen molar-refractivity contribution in [2.24, 2.45) is 5.73 Å². The topological polar surface area (TPSA) is 135 Å². The first-order chi connectivity index (χ1) is 19.2. The van der Waals surface area contributed by atoms with E-state index in [1.807, 2.05) is 19.9 Å². The van der Waals surface area contributed by atoms with Gasteiger partial charge in [-0.05, 0) is 49.2 Å². The fourth-order valence-electron chi connectivity index (χ4n) is 4.65. The smallest absolute Gasteiger partial charge is 0.355 e. The summed E-state index contributed by atoms with van der Waals surface area (Å²) >= 11 is 0. The Morgan fingerprint density at radius 2 is 1.62 bits per heavy atom. The van der Waals surface area contributed by atoms with Crippen LogP contribution < -0.4 is 16.0 Å². The lowest BCUT2D eigenvalue weighted by Crippen LogP contribution is -2.40. The first-order valence-corrected chi connectivity index (χ1v) is 12.4.